The van der Waals surface area contributed by atoms with E-state index in [1.165, 1.54) is 45.4 Å². The van der Waals surface area contributed by atoms with Crippen molar-refractivity contribution in [3.8, 4) is 34.5 Å². The van der Waals surface area contributed by atoms with E-state index in [1.807, 2.05) is 0 Å². The molecule has 2 unspecified atom stereocenters. The lowest BCUT2D eigenvalue weighted by Crippen LogP contribution is -2.25. The Bertz CT molecular complexity index is 1500. The fourth-order valence-electron chi connectivity index (χ4n) is 3.40. The maximum absolute atomic E-state index is 11.2. The molecule has 2 N–H and O–H groups in total. The van der Waals surface area contributed by atoms with Crippen LogP contribution in [0.25, 0.3) is 0 Å². The molecule has 0 spiro atoms. The molecule has 0 saturated carbocycles. The monoisotopic (exact) mass is 654 g/mol. The number of carbonyl (C=O) groups excluding carboxylic acids is 4. The molecule has 1 heterocycles. The van der Waals surface area contributed by atoms with Crippen LogP contribution in [0.3, 0.4) is 0 Å². The lowest BCUT2D eigenvalue weighted by Gasteiger charge is -2.15. The minimum Gasteiger partial charge on any atom is -0.504 e. The number of methoxy groups -OCH3 is 3. The molecule has 252 valence electrons. The maximum atomic E-state index is 11.2. The number of hydrogen-bond donors (Lipinski definition) is 2. The molecule has 4 rings (SSSR count). The summed E-state index contributed by atoms with van der Waals surface area (Å²) in [5.41, 5.74) is 1.77. The summed E-state index contributed by atoms with van der Waals surface area (Å²) in [6.07, 6.45) is 1.39. The molecule has 13 heteroatoms. The highest BCUT2D eigenvalue weighted by atomic mass is 16.6. The Kier molecular flexibility index (Phi) is 16.0. The van der Waals surface area contributed by atoms with Crippen molar-refractivity contribution < 1.29 is 62.5 Å². The number of aliphatic hydroxyl groups excluding tert-OH is 1. The first-order chi connectivity index (χ1) is 22.6. The third kappa shape index (κ3) is 13.2. The molecular formula is C34H38O13. The smallest absolute Gasteiger partial charge is 0.333 e. The van der Waals surface area contributed by atoms with Gasteiger partial charge in [-0.25, -0.2) is 4.79 Å². The number of aromatic hydroxyl groups is 1. The molecule has 0 aliphatic carbocycles. The molecule has 0 amide bonds. The Balaban J connectivity index is 0.000000258. The number of esters is 1. The Hall–Kier alpha value is -5.40. The van der Waals surface area contributed by atoms with Crippen molar-refractivity contribution in [2.45, 2.75) is 19.1 Å². The second-order valence-corrected chi connectivity index (χ2v) is 9.72. The first-order valence-corrected chi connectivity index (χ1v) is 14.0. The van der Waals surface area contributed by atoms with Gasteiger partial charge in [0.2, 0.25) is 0 Å². The predicted octanol–water partition coefficient (Wildman–Crippen LogP) is 3.87. The number of aliphatic hydroxyl groups is 1. The van der Waals surface area contributed by atoms with Gasteiger partial charge in [-0.1, -0.05) is 6.58 Å². The average Bonchev–Trinajstić information content (AvgIpc) is 3.94. The first kappa shape index (κ1) is 37.8. The van der Waals surface area contributed by atoms with E-state index in [0.717, 1.165) is 12.9 Å². The van der Waals surface area contributed by atoms with Crippen molar-refractivity contribution in [2.75, 3.05) is 47.8 Å². The van der Waals surface area contributed by atoms with Gasteiger partial charge in [0.05, 0.1) is 27.9 Å². The Morgan fingerprint density at radius 3 is 1.72 bits per heavy atom. The van der Waals surface area contributed by atoms with Crippen LogP contribution >= 0.6 is 0 Å². The molecule has 0 aromatic heterocycles. The van der Waals surface area contributed by atoms with Crippen molar-refractivity contribution >= 4 is 24.8 Å². The van der Waals surface area contributed by atoms with Gasteiger partial charge < -0.3 is 43.4 Å². The number of aldehydes is 3. The first-order valence-electron chi connectivity index (χ1n) is 14.0. The van der Waals surface area contributed by atoms with Crippen LogP contribution in [-0.4, -0.2) is 95.0 Å². The number of benzene rings is 3. The van der Waals surface area contributed by atoms with Gasteiger partial charge in [0, 0.05) is 22.3 Å². The van der Waals surface area contributed by atoms with Gasteiger partial charge in [-0.2, -0.15) is 0 Å². The number of epoxide rings is 1. The topological polar surface area (TPSA) is 177 Å². The highest BCUT2D eigenvalue weighted by Gasteiger charge is 2.23. The third-order valence-electron chi connectivity index (χ3n) is 6.00. The van der Waals surface area contributed by atoms with Crippen LogP contribution in [0.2, 0.25) is 0 Å². The third-order valence-corrected chi connectivity index (χ3v) is 6.00. The summed E-state index contributed by atoms with van der Waals surface area (Å²) < 4.78 is 35.7. The summed E-state index contributed by atoms with van der Waals surface area (Å²) in [7, 11) is 4.43. The van der Waals surface area contributed by atoms with Crippen LogP contribution in [0.1, 0.15) is 38.0 Å². The van der Waals surface area contributed by atoms with Crippen LogP contribution in [0.4, 0.5) is 0 Å². The number of ether oxygens (including phenoxy) is 7. The van der Waals surface area contributed by atoms with Gasteiger partial charge in [0.1, 0.15) is 50.9 Å². The van der Waals surface area contributed by atoms with Crippen LogP contribution in [0.5, 0.6) is 34.5 Å². The summed E-state index contributed by atoms with van der Waals surface area (Å²) in [5.74, 6) is 1.76. The van der Waals surface area contributed by atoms with E-state index in [2.05, 4.69) is 6.58 Å². The van der Waals surface area contributed by atoms with Gasteiger partial charge in [-0.05, 0) is 61.5 Å². The number of phenolic OH excluding ortho intramolecular Hbond substituents is 1. The maximum Gasteiger partial charge on any atom is 0.333 e. The van der Waals surface area contributed by atoms with E-state index >= 15 is 0 Å². The van der Waals surface area contributed by atoms with Gasteiger partial charge >= 0.3 is 5.97 Å². The van der Waals surface area contributed by atoms with Crippen molar-refractivity contribution in [3.05, 3.63) is 83.4 Å². The van der Waals surface area contributed by atoms with Crippen molar-refractivity contribution in [1.82, 2.24) is 0 Å². The molecule has 1 fully saturated rings. The quantitative estimate of drug-likeness (QED) is 0.105. The summed E-state index contributed by atoms with van der Waals surface area (Å²) >= 11 is 0. The van der Waals surface area contributed by atoms with Crippen LogP contribution < -0.4 is 23.7 Å². The molecule has 0 radical (unpaired) electrons. The Morgan fingerprint density at radius 1 is 0.809 bits per heavy atom. The second-order valence-electron chi connectivity index (χ2n) is 9.72. The summed E-state index contributed by atoms with van der Waals surface area (Å²) in [4.78, 5) is 42.6. The Labute approximate surface area is 272 Å². The number of carbonyl (C=O) groups is 4. The Morgan fingerprint density at radius 2 is 1.28 bits per heavy atom. The van der Waals surface area contributed by atoms with E-state index in [4.69, 9.17) is 38.3 Å². The fraction of sp³-hybridized carbons (Fsp3) is 0.294. The zero-order valence-corrected chi connectivity index (χ0v) is 26.5. The van der Waals surface area contributed by atoms with Crippen molar-refractivity contribution in [1.29, 1.82) is 0 Å². The summed E-state index contributed by atoms with van der Waals surface area (Å²) in [6.45, 7) is 5.96. The van der Waals surface area contributed by atoms with E-state index in [0.29, 0.717) is 64.6 Å². The standard InChI is InChI=1S/C15H18O6.C11H12O4.C8H8O3/c1-10(2)15(18)21-9-12(17)8-20-13-5-4-11(7-16)6-14(13)19-3;1-13-11-4-8(5-12)2-3-10(11)15-7-9-6-14-9;1-11-8-4-6(5-9)2-3-7(8)10/h4-7,12,17H,1,8-9H2,2-3H3;2-5,9H,6-7H2,1H3;2-5,10H,1H3. The molecule has 1 saturated heterocycles. The van der Waals surface area contributed by atoms with E-state index < -0.39 is 12.1 Å². The molecule has 0 bridgehead atoms. The minimum absolute atomic E-state index is 0.0399. The van der Waals surface area contributed by atoms with Gasteiger partial charge in [-0.15, -0.1) is 0 Å². The molecule has 3 aromatic rings. The molecule has 47 heavy (non-hydrogen) atoms. The molecule has 1 aliphatic rings. The van der Waals surface area contributed by atoms with Crippen LogP contribution in [0, 0.1) is 0 Å². The van der Waals surface area contributed by atoms with E-state index in [-0.39, 0.29) is 30.6 Å². The zero-order chi connectivity index (χ0) is 34.8. The van der Waals surface area contributed by atoms with Crippen LogP contribution in [0.15, 0.2) is 66.7 Å². The molecule has 13 nitrogen and oxygen atoms in total. The predicted molar refractivity (Wildman–Crippen MR) is 169 cm³/mol. The number of rotatable bonds is 15. The normalized spacial score (nSPS) is 13.1. The summed E-state index contributed by atoms with van der Waals surface area (Å²) in [6, 6.07) is 14.1. The lowest BCUT2D eigenvalue weighted by molar-refractivity contribution is -0.142. The highest BCUT2D eigenvalue weighted by molar-refractivity contribution is 5.86. The zero-order valence-electron chi connectivity index (χ0n) is 26.5. The molecule has 2 atom stereocenters. The average molecular weight is 655 g/mol. The molecule has 1 aliphatic heterocycles. The van der Waals surface area contributed by atoms with Gasteiger partial charge in [-0.3, -0.25) is 14.4 Å². The van der Waals surface area contributed by atoms with Crippen molar-refractivity contribution in [2.24, 2.45) is 0 Å². The lowest BCUT2D eigenvalue weighted by atomic mass is 10.2. The second kappa shape index (κ2) is 19.9. The number of hydrogen-bond acceptors (Lipinski definition) is 13. The SMILES string of the molecule is C=C(C)C(=O)OCC(O)COc1ccc(C=O)cc1OC.COc1cc(C=O)ccc1O.COc1cc(C=O)ccc1OCC1CO1. The summed E-state index contributed by atoms with van der Waals surface area (Å²) in [5, 5.41) is 18.8. The van der Waals surface area contributed by atoms with E-state index in [9.17, 15) is 24.3 Å². The number of phenols is 1. The van der Waals surface area contributed by atoms with Gasteiger partial charge in [0.25, 0.3) is 0 Å². The molecule has 3 aromatic carbocycles. The van der Waals surface area contributed by atoms with Gasteiger partial charge in [0.15, 0.2) is 34.5 Å². The largest absolute Gasteiger partial charge is 0.504 e. The highest BCUT2D eigenvalue weighted by Crippen LogP contribution is 2.29. The molecular weight excluding hydrogens is 616 g/mol. The fourth-order valence-corrected chi connectivity index (χ4v) is 3.40. The van der Waals surface area contributed by atoms with Crippen molar-refractivity contribution in [3.63, 3.8) is 0 Å². The van der Waals surface area contributed by atoms with Crippen LogP contribution in [-0.2, 0) is 14.3 Å². The van der Waals surface area contributed by atoms with E-state index in [1.54, 1.807) is 37.4 Å². The minimum atomic E-state index is -0.983.